The number of fused-ring (bicyclic) bond motifs is 3. The summed E-state index contributed by atoms with van der Waals surface area (Å²) in [5.41, 5.74) is 7.59. The number of carbonyl (C=O) groups excluding carboxylic acids is 1. The highest BCUT2D eigenvalue weighted by atomic mass is 32.2. The highest BCUT2D eigenvalue weighted by molar-refractivity contribution is 7.99. The van der Waals surface area contributed by atoms with Crippen molar-refractivity contribution < 1.29 is 13.9 Å². The summed E-state index contributed by atoms with van der Waals surface area (Å²) in [6.07, 6.45) is 0. The Bertz CT molecular complexity index is 1420. The van der Waals surface area contributed by atoms with Crippen molar-refractivity contribution in [2.45, 2.75) is 17.9 Å². The summed E-state index contributed by atoms with van der Waals surface area (Å²) in [6.45, 7) is 1.87. The van der Waals surface area contributed by atoms with E-state index in [2.05, 4.69) is 72.8 Å². The fourth-order valence-corrected chi connectivity index (χ4v) is 4.93. The number of ether oxygens (including phenoxy) is 1. The van der Waals surface area contributed by atoms with Gasteiger partial charge in [0.2, 0.25) is 0 Å². The third-order valence-corrected chi connectivity index (χ3v) is 7.11. The van der Waals surface area contributed by atoms with Crippen LogP contribution in [0.15, 0.2) is 95.4 Å². The van der Waals surface area contributed by atoms with Crippen molar-refractivity contribution in [2.75, 3.05) is 7.11 Å². The van der Waals surface area contributed by atoms with E-state index in [1.807, 2.05) is 25.1 Å². The number of methoxy groups -OCH3 is 1. The number of hydrogen-bond donors (Lipinski definition) is 0. The zero-order chi connectivity index (χ0) is 22.8. The molecular weight excluding hydrogens is 428 g/mol. The summed E-state index contributed by atoms with van der Waals surface area (Å²) in [7, 11) is 1.43. The Hall–Kier alpha value is -3.50. The lowest BCUT2D eigenvalue weighted by Crippen LogP contribution is -2.14. The lowest BCUT2D eigenvalue weighted by molar-refractivity contribution is -0.139. The van der Waals surface area contributed by atoms with Crippen LogP contribution in [0, 0.1) is 0 Å². The molecule has 0 N–H and O–H groups in total. The lowest BCUT2D eigenvalue weighted by atomic mass is 9.98. The molecule has 0 fully saturated rings. The summed E-state index contributed by atoms with van der Waals surface area (Å²) >= 11 is 1.58. The molecule has 0 aliphatic carbocycles. The van der Waals surface area contributed by atoms with Gasteiger partial charge in [-0.25, -0.2) is 0 Å². The molecule has 1 unspecified atom stereocenters. The van der Waals surface area contributed by atoms with Gasteiger partial charge in [0.15, 0.2) is 0 Å². The molecule has 4 aromatic carbocycles. The highest BCUT2D eigenvalue weighted by Gasteiger charge is 2.14. The Morgan fingerprint density at radius 1 is 0.818 bits per heavy atom. The van der Waals surface area contributed by atoms with Crippen LogP contribution in [0.4, 0.5) is 0 Å². The first kappa shape index (κ1) is 21.4. The van der Waals surface area contributed by atoms with E-state index >= 15 is 0 Å². The van der Waals surface area contributed by atoms with Gasteiger partial charge in [-0.2, -0.15) is 0 Å². The maximum atomic E-state index is 11.6. The molecule has 3 nitrogen and oxygen atoms in total. The van der Waals surface area contributed by atoms with Crippen LogP contribution in [-0.4, -0.2) is 18.3 Å². The zero-order valence-corrected chi connectivity index (χ0v) is 19.4. The van der Waals surface area contributed by atoms with Crippen molar-refractivity contribution in [3.05, 3.63) is 96.6 Å². The fourth-order valence-electron chi connectivity index (χ4n) is 4.07. The van der Waals surface area contributed by atoms with Crippen molar-refractivity contribution in [3.8, 4) is 22.3 Å². The fraction of sp³-hybridized carbons (Fsp3) is 0.138. The predicted molar refractivity (Wildman–Crippen MR) is 137 cm³/mol. The third kappa shape index (κ3) is 4.27. The molecule has 33 heavy (non-hydrogen) atoms. The Morgan fingerprint density at radius 2 is 1.45 bits per heavy atom. The predicted octanol–water partition coefficient (Wildman–Crippen LogP) is 7.71. The van der Waals surface area contributed by atoms with Gasteiger partial charge < -0.3 is 9.15 Å². The van der Waals surface area contributed by atoms with E-state index in [9.17, 15) is 4.79 Å². The van der Waals surface area contributed by atoms with E-state index < -0.39 is 0 Å². The third-order valence-electron chi connectivity index (χ3n) is 5.92. The molecule has 1 heterocycles. The lowest BCUT2D eigenvalue weighted by Gasteiger charge is -2.09. The standard InChI is InChI=1S/C29H24O3S/c1-19(29(30)31-2)33-18-20-10-12-21(13-11-20)22-14-16-23(17-15-22)24-7-5-8-26-25-6-3-4-9-27(25)32-28(24)26/h3-17,19H,18H2,1-2H3. The molecular formula is C29H24O3S. The van der Waals surface area contributed by atoms with Gasteiger partial charge in [0.05, 0.1) is 12.4 Å². The van der Waals surface area contributed by atoms with Crippen molar-refractivity contribution >= 4 is 39.7 Å². The SMILES string of the molecule is COC(=O)C(C)SCc1ccc(-c2ccc(-c3cccc4c3oc3ccccc34)cc2)cc1. The van der Waals surface area contributed by atoms with E-state index in [0.29, 0.717) is 0 Å². The molecule has 5 aromatic rings. The van der Waals surface area contributed by atoms with Crippen LogP contribution in [0.25, 0.3) is 44.2 Å². The quantitative estimate of drug-likeness (QED) is 0.247. The molecule has 4 heteroatoms. The van der Waals surface area contributed by atoms with Crippen LogP contribution in [0.1, 0.15) is 12.5 Å². The second-order valence-corrected chi connectivity index (χ2v) is 9.36. The smallest absolute Gasteiger partial charge is 0.318 e. The Morgan fingerprint density at radius 3 is 2.18 bits per heavy atom. The van der Waals surface area contributed by atoms with E-state index in [1.54, 1.807) is 11.8 Å². The molecule has 0 saturated carbocycles. The minimum atomic E-state index is -0.185. The van der Waals surface area contributed by atoms with Gasteiger partial charge in [0.25, 0.3) is 0 Å². The van der Waals surface area contributed by atoms with Crippen LogP contribution in [0.3, 0.4) is 0 Å². The molecule has 0 aliphatic rings. The topological polar surface area (TPSA) is 39.4 Å². The van der Waals surface area contributed by atoms with Crippen molar-refractivity contribution in [1.29, 1.82) is 0 Å². The van der Waals surface area contributed by atoms with Crippen LogP contribution >= 0.6 is 11.8 Å². The van der Waals surface area contributed by atoms with Crippen LogP contribution < -0.4 is 0 Å². The number of carbonyl (C=O) groups is 1. The van der Waals surface area contributed by atoms with E-state index in [4.69, 9.17) is 9.15 Å². The molecule has 1 atom stereocenters. The van der Waals surface area contributed by atoms with Gasteiger partial charge >= 0.3 is 5.97 Å². The maximum absolute atomic E-state index is 11.6. The number of para-hydroxylation sites is 2. The van der Waals surface area contributed by atoms with E-state index in [-0.39, 0.29) is 11.2 Å². The van der Waals surface area contributed by atoms with Crippen LogP contribution in [-0.2, 0) is 15.3 Å². The van der Waals surface area contributed by atoms with Gasteiger partial charge in [-0.15, -0.1) is 11.8 Å². The molecule has 164 valence electrons. The Kier molecular flexibility index (Phi) is 5.93. The Labute approximate surface area is 197 Å². The molecule has 0 radical (unpaired) electrons. The van der Waals surface area contributed by atoms with Crippen molar-refractivity contribution in [3.63, 3.8) is 0 Å². The van der Waals surface area contributed by atoms with Crippen molar-refractivity contribution in [1.82, 2.24) is 0 Å². The van der Waals surface area contributed by atoms with Crippen molar-refractivity contribution in [2.24, 2.45) is 0 Å². The second-order valence-electron chi connectivity index (χ2n) is 8.03. The van der Waals surface area contributed by atoms with Crippen LogP contribution in [0.2, 0.25) is 0 Å². The number of rotatable bonds is 6. The second kappa shape index (κ2) is 9.16. The molecule has 5 rings (SSSR count). The maximum Gasteiger partial charge on any atom is 0.318 e. The molecule has 0 amide bonds. The number of benzene rings is 4. The molecule has 0 aliphatic heterocycles. The monoisotopic (exact) mass is 452 g/mol. The molecule has 0 bridgehead atoms. The van der Waals surface area contributed by atoms with E-state index in [0.717, 1.165) is 44.4 Å². The van der Waals surface area contributed by atoms with Gasteiger partial charge in [-0.3, -0.25) is 4.79 Å². The van der Waals surface area contributed by atoms with Gasteiger partial charge in [-0.05, 0) is 35.2 Å². The minimum absolute atomic E-state index is 0.168. The largest absolute Gasteiger partial charge is 0.468 e. The molecule has 0 spiro atoms. The number of thioether (sulfide) groups is 1. The average Bonchev–Trinajstić information content (AvgIpc) is 3.26. The van der Waals surface area contributed by atoms with Gasteiger partial charge in [-0.1, -0.05) is 84.9 Å². The molecule has 0 saturated heterocycles. The summed E-state index contributed by atoms with van der Waals surface area (Å²) in [4.78, 5) is 11.6. The number of hydrogen-bond acceptors (Lipinski definition) is 4. The number of esters is 1. The van der Waals surface area contributed by atoms with E-state index in [1.165, 1.54) is 18.2 Å². The summed E-state index contributed by atoms with van der Waals surface area (Å²) < 4.78 is 11.0. The first-order valence-electron chi connectivity index (χ1n) is 10.9. The average molecular weight is 453 g/mol. The first-order valence-corrected chi connectivity index (χ1v) is 12.0. The minimum Gasteiger partial charge on any atom is -0.468 e. The Balaban J connectivity index is 1.36. The highest BCUT2D eigenvalue weighted by Crippen LogP contribution is 2.36. The van der Waals surface area contributed by atoms with Crippen LogP contribution in [0.5, 0.6) is 0 Å². The summed E-state index contributed by atoms with van der Waals surface area (Å²) in [5, 5.41) is 2.12. The summed E-state index contributed by atoms with van der Waals surface area (Å²) in [6, 6.07) is 31.6. The zero-order valence-electron chi connectivity index (χ0n) is 18.6. The number of furan rings is 1. The van der Waals surface area contributed by atoms with Gasteiger partial charge in [0, 0.05) is 22.1 Å². The molecule has 1 aromatic heterocycles. The summed E-state index contributed by atoms with van der Waals surface area (Å²) in [5.74, 6) is 0.590. The normalized spacial score (nSPS) is 12.2. The first-order chi connectivity index (χ1) is 16.1. The van der Waals surface area contributed by atoms with Gasteiger partial charge in [0.1, 0.15) is 11.2 Å².